The molecule has 0 heterocycles. The Morgan fingerprint density at radius 3 is 1.02 bits per heavy atom. The third-order valence-electron chi connectivity index (χ3n) is 30.2. The Morgan fingerprint density at radius 2 is 0.629 bits per heavy atom. The number of allylic oxidation sites excluding steroid dienone is 2. The molecule has 0 aromatic heterocycles. The van der Waals surface area contributed by atoms with E-state index in [0.29, 0.717) is 5.92 Å². The quantitative estimate of drug-likeness (QED) is 0.0273. The Bertz CT molecular complexity index is 5820. The molecule has 0 bridgehead atoms. The van der Waals surface area contributed by atoms with Crippen LogP contribution < -0.4 is 4.90 Å². The van der Waals surface area contributed by atoms with Crippen LogP contribution in [0.25, 0.3) is 66.8 Å². The third kappa shape index (κ3) is 16.6. The summed E-state index contributed by atoms with van der Waals surface area (Å²) in [6, 6.07) is 108. The molecule has 0 fully saturated rings. The standard InChI is InChI=1S/C123H131N/c1-9-14-18-22-30-89-39-58-104(59-40-89)123(105-60-41-90(42-61-105)31-23-19-15-10-2)119-84-99(96-51-66-108(67-52-96)124(106-62-34-86(6)35-63-106)107-64-49-93(50-65-107)88(8)13-5)53-72-113(119)114-73-57-103(85-120(114)123)102-56-71-112-111-70-55-101(100-54-69-110-109-68-36-87(7)78-115(109)121(116(110)81-100,74-26-16-11-3)75-27-17-12-4)82-117(111)122(118(112)83-102,76-28-20-24-32-91-37-43-94-45-47-97(94)79-91)77-29-21-25-33-92-38-44-95-46-48-98(95)80-92/h11-12,34-44,49-73,78-85,88H,3-4,9-10,13-33,45-48,74-77H2,1-2,5-8H3. The van der Waals surface area contributed by atoms with Gasteiger partial charge in [-0.3, -0.25) is 0 Å². The summed E-state index contributed by atoms with van der Waals surface area (Å²) in [5.74, 6) is 0.504. The average Bonchev–Trinajstić information content (AvgIpc) is 1.53. The lowest BCUT2D eigenvalue weighted by atomic mass is 9.66. The van der Waals surface area contributed by atoms with E-state index in [0.717, 1.165) is 101 Å². The van der Waals surface area contributed by atoms with Gasteiger partial charge in [-0.25, -0.2) is 0 Å². The predicted molar refractivity (Wildman–Crippen MR) is 531 cm³/mol. The SMILES string of the molecule is C=CCCCC1(CCCC=C)c2cc(C)ccc2-c2ccc(-c3ccc4c(c3)C(CCCCCc3ccc5c(c3)CC5)(CCCCCc3ccc5c(c3)CC5)c3cc(-c5ccc6c(c5)C(c5ccc(CCCCCC)cc5)(c5ccc(CCCCCC)cc5)c5cc(-c7ccc(N(c8ccc(C)cc8)c8ccc(C(C)CC)cc8)cc7)ccc5-6)ccc3-4)cc21. The molecule has 0 N–H and O–H groups in total. The first kappa shape index (κ1) is 84.0. The average molecular weight is 1620 g/mol. The van der Waals surface area contributed by atoms with Crippen LogP contribution in [0.15, 0.2) is 292 Å². The number of rotatable bonds is 40. The van der Waals surface area contributed by atoms with Crippen molar-refractivity contribution in [2.75, 3.05) is 4.90 Å². The van der Waals surface area contributed by atoms with Crippen LogP contribution in [0, 0.1) is 13.8 Å². The molecule has 5 aliphatic carbocycles. The summed E-state index contributed by atoms with van der Waals surface area (Å²) in [4.78, 5) is 2.43. The molecule has 0 aliphatic heterocycles. The van der Waals surface area contributed by atoms with Crippen LogP contribution >= 0.6 is 0 Å². The summed E-state index contributed by atoms with van der Waals surface area (Å²) in [7, 11) is 0. The van der Waals surface area contributed by atoms with E-state index < -0.39 is 5.41 Å². The zero-order valence-corrected chi connectivity index (χ0v) is 75.4. The Labute approximate surface area is 744 Å². The van der Waals surface area contributed by atoms with Gasteiger partial charge < -0.3 is 4.90 Å². The van der Waals surface area contributed by atoms with Gasteiger partial charge in [0.1, 0.15) is 0 Å². The van der Waals surface area contributed by atoms with E-state index >= 15 is 0 Å². The second kappa shape index (κ2) is 37.5. The van der Waals surface area contributed by atoms with Crippen molar-refractivity contribution in [3.63, 3.8) is 0 Å². The number of fused-ring (bicyclic) bond motifs is 11. The van der Waals surface area contributed by atoms with Gasteiger partial charge in [-0.1, -0.05) is 315 Å². The zero-order valence-electron chi connectivity index (χ0n) is 75.4. The maximum atomic E-state index is 4.24. The van der Waals surface area contributed by atoms with Crippen molar-refractivity contribution in [1.82, 2.24) is 0 Å². The topological polar surface area (TPSA) is 3.24 Å². The van der Waals surface area contributed by atoms with Crippen LogP contribution in [0.5, 0.6) is 0 Å². The lowest BCUT2D eigenvalue weighted by molar-refractivity contribution is 0.402. The molecule has 0 saturated heterocycles. The van der Waals surface area contributed by atoms with Gasteiger partial charge in [0.25, 0.3) is 0 Å². The molecule has 5 aliphatic rings. The van der Waals surface area contributed by atoms with Gasteiger partial charge in [-0.05, 0) is 383 Å². The van der Waals surface area contributed by atoms with Crippen molar-refractivity contribution >= 4 is 17.1 Å². The minimum absolute atomic E-state index is 0.0906. The first-order chi connectivity index (χ1) is 60.9. The summed E-state index contributed by atoms with van der Waals surface area (Å²) in [6.45, 7) is 22.2. The van der Waals surface area contributed by atoms with Crippen LogP contribution in [-0.2, 0) is 67.6 Å². The number of benzene rings is 13. The molecule has 0 saturated carbocycles. The summed E-state index contributed by atoms with van der Waals surface area (Å²) < 4.78 is 0. The van der Waals surface area contributed by atoms with E-state index in [1.165, 1.54) is 266 Å². The highest BCUT2D eigenvalue weighted by molar-refractivity contribution is 5.93. The first-order valence-corrected chi connectivity index (χ1v) is 48.5. The Hall–Kier alpha value is -10.9. The smallest absolute Gasteiger partial charge is 0.0714 e. The molecule has 18 rings (SSSR count). The van der Waals surface area contributed by atoms with E-state index in [4.69, 9.17) is 0 Å². The molecule has 1 unspecified atom stereocenters. The highest BCUT2D eigenvalue weighted by Gasteiger charge is 2.49. The van der Waals surface area contributed by atoms with Gasteiger partial charge in [-0.2, -0.15) is 0 Å². The minimum atomic E-state index is -0.647. The monoisotopic (exact) mass is 1620 g/mol. The van der Waals surface area contributed by atoms with Crippen molar-refractivity contribution in [2.45, 2.75) is 263 Å². The van der Waals surface area contributed by atoms with E-state index in [1.54, 1.807) is 22.3 Å². The lowest BCUT2D eigenvalue weighted by Gasteiger charge is -2.35. The zero-order chi connectivity index (χ0) is 84.7. The molecule has 1 heteroatoms. The van der Waals surface area contributed by atoms with E-state index in [9.17, 15) is 0 Å². The molecular weight excluding hydrogens is 1490 g/mol. The summed E-state index contributed by atoms with van der Waals surface area (Å²) in [6.07, 6.45) is 40.6. The van der Waals surface area contributed by atoms with Gasteiger partial charge in [0, 0.05) is 27.9 Å². The largest absolute Gasteiger partial charge is 0.311 e. The summed E-state index contributed by atoms with van der Waals surface area (Å²) in [5.41, 5.74) is 46.1. The molecular formula is C123H131N. The van der Waals surface area contributed by atoms with Crippen LogP contribution in [0.2, 0.25) is 0 Å². The second-order valence-electron chi connectivity index (χ2n) is 38.1. The highest BCUT2D eigenvalue weighted by atomic mass is 15.1. The summed E-state index contributed by atoms with van der Waals surface area (Å²) in [5, 5.41) is 0. The minimum Gasteiger partial charge on any atom is -0.311 e. The molecule has 0 radical (unpaired) electrons. The molecule has 0 spiro atoms. The second-order valence-corrected chi connectivity index (χ2v) is 38.1. The Balaban J connectivity index is 0.774. The van der Waals surface area contributed by atoms with Gasteiger partial charge in [0.15, 0.2) is 0 Å². The number of hydrogen-bond acceptors (Lipinski definition) is 1. The molecule has 1 nitrogen and oxygen atoms in total. The number of hydrogen-bond donors (Lipinski definition) is 0. The van der Waals surface area contributed by atoms with Gasteiger partial charge in [-0.15, -0.1) is 13.2 Å². The fourth-order valence-electron chi connectivity index (χ4n) is 22.7. The van der Waals surface area contributed by atoms with Crippen molar-refractivity contribution < 1.29 is 0 Å². The first-order valence-electron chi connectivity index (χ1n) is 48.5. The van der Waals surface area contributed by atoms with Crippen molar-refractivity contribution in [3.05, 3.63) is 398 Å². The van der Waals surface area contributed by atoms with Gasteiger partial charge >= 0.3 is 0 Å². The molecule has 628 valence electrons. The van der Waals surface area contributed by atoms with Crippen molar-refractivity contribution in [3.8, 4) is 66.8 Å². The number of unbranched alkanes of at least 4 members (excludes halogenated alkanes) is 12. The maximum Gasteiger partial charge on any atom is 0.0714 e. The highest BCUT2D eigenvalue weighted by Crippen LogP contribution is 2.61. The van der Waals surface area contributed by atoms with Crippen LogP contribution in [0.3, 0.4) is 0 Å². The molecule has 0 amide bonds. The molecule has 13 aromatic carbocycles. The number of aryl methyl sites for hydroxylation is 10. The van der Waals surface area contributed by atoms with Gasteiger partial charge in [0.05, 0.1) is 5.41 Å². The number of anilines is 3. The van der Waals surface area contributed by atoms with E-state index in [1.807, 2.05) is 0 Å². The van der Waals surface area contributed by atoms with E-state index in [-0.39, 0.29) is 10.8 Å². The van der Waals surface area contributed by atoms with E-state index in [2.05, 4.69) is 339 Å². The van der Waals surface area contributed by atoms with Crippen LogP contribution in [-0.4, -0.2) is 0 Å². The van der Waals surface area contributed by atoms with Crippen molar-refractivity contribution in [1.29, 1.82) is 0 Å². The molecule has 124 heavy (non-hydrogen) atoms. The maximum absolute atomic E-state index is 4.24. The molecule has 13 aromatic rings. The fourth-order valence-corrected chi connectivity index (χ4v) is 22.7. The number of nitrogens with zero attached hydrogens (tertiary/aromatic N) is 1. The predicted octanol–water partition coefficient (Wildman–Crippen LogP) is 33.9. The molecule has 1 atom stereocenters. The fraction of sp³-hybridized carbons (Fsp3) is 0.333. The Kier molecular flexibility index (Phi) is 25.4. The summed E-state index contributed by atoms with van der Waals surface area (Å²) >= 11 is 0. The Morgan fingerprint density at radius 1 is 0.298 bits per heavy atom. The normalized spacial score (nSPS) is 14.4. The van der Waals surface area contributed by atoms with Crippen LogP contribution in [0.1, 0.15) is 287 Å². The lowest BCUT2D eigenvalue weighted by Crippen LogP contribution is -2.29. The van der Waals surface area contributed by atoms with Crippen LogP contribution in [0.4, 0.5) is 17.1 Å². The van der Waals surface area contributed by atoms with Gasteiger partial charge in [0.2, 0.25) is 0 Å². The van der Waals surface area contributed by atoms with Crippen molar-refractivity contribution in [2.24, 2.45) is 0 Å². The third-order valence-corrected chi connectivity index (χ3v) is 30.2.